The summed E-state index contributed by atoms with van der Waals surface area (Å²) in [6.07, 6.45) is 1.04. The van der Waals surface area contributed by atoms with E-state index < -0.39 is 0 Å². The summed E-state index contributed by atoms with van der Waals surface area (Å²) in [7, 11) is 2.00. The van der Waals surface area contributed by atoms with Crippen LogP contribution in [0.3, 0.4) is 0 Å². The number of nitrogens with zero attached hydrogens (tertiary/aromatic N) is 3. The van der Waals surface area contributed by atoms with Crippen LogP contribution in [0.4, 0.5) is 5.69 Å². The Bertz CT molecular complexity index is 451. The Morgan fingerprint density at radius 1 is 1.25 bits per heavy atom. The summed E-state index contributed by atoms with van der Waals surface area (Å²) in [6.45, 7) is 4.25. The summed E-state index contributed by atoms with van der Waals surface area (Å²) < 4.78 is 0. The van der Waals surface area contributed by atoms with Crippen LogP contribution < -0.4 is 4.90 Å². The summed E-state index contributed by atoms with van der Waals surface area (Å²) in [4.78, 5) is 2.11. The number of hydrogen-bond acceptors (Lipinski definition) is 3. The molecule has 0 saturated carbocycles. The highest BCUT2D eigenvalue weighted by Gasteiger charge is 2.10. The van der Waals surface area contributed by atoms with Crippen molar-refractivity contribution in [1.29, 1.82) is 10.5 Å². The van der Waals surface area contributed by atoms with Crippen LogP contribution in [-0.2, 0) is 0 Å². The van der Waals surface area contributed by atoms with Crippen LogP contribution in [0.15, 0.2) is 18.2 Å². The van der Waals surface area contributed by atoms with E-state index in [0.717, 1.165) is 12.1 Å². The predicted molar refractivity (Wildman–Crippen MR) is 64.0 cm³/mol. The fourth-order valence-electron chi connectivity index (χ4n) is 1.47. The molecule has 1 rings (SSSR count). The van der Waals surface area contributed by atoms with Crippen molar-refractivity contribution < 1.29 is 0 Å². The molecule has 0 amide bonds. The first kappa shape index (κ1) is 12.1. The number of hydrogen-bond donors (Lipinski definition) is 0. The highest BCUT2D eigenvalue weighted by atomic mass is 15.1. The van der Waals surface area contributed by atoms with Crippen molar-refractivity contribution in [2.75, 3.05) is 11.9 Å². The van der Waals surface area contributed by atoms with Crippen LogP contribution in [0.2, 0.25) is 0 Å². The molecule has 0 saturated heterocycles. The van der Waals surface area contributed by atoms with Crippen LogP contribution >= 0.6 is 0 Å². The molecule has 0 radical (unpaired) electrons. The van der Waals surface area contributed by atoms with E-state index in [4.69, 9.17) is 10.5 Å². The first-order valence-corrected chi connectivity index (χ1v) is 5.31. The summed E-state index contributed by atoms with van der Waals surface area (Å²) in [5, 5.41) is 17.8. The number of anilines is 1. The molecule has 0 fully saturated rings. The number of nitriles is 2. The lowest BCUT2D eigenvalue weighted by Crippen LogP contribution is -2.27. The molecule has 1 atom stereocenters. The van der Waals surface area contributed by atoms with Gasteiger partial charge in [0.1, 0.15) is 12.1 Å². The van der Waals surface area contributed by atoms with Gasteiger partial charge < -0.3 is 4.90 Å². The van der Waals surface area contributed by atoms with Crippen LogP contribution in [0.25, 0.3) is 0 Å². The van der Waals surface area contributed by atoms with Gasteiger partial charge in [-0.05, 0) is 31.5 Å². The quantitative estimate of drug-likeness (QED) is 0.775. The number of rotatable bonds is 3. The van der Waals surface area contributed by atoms with Crippen molar-refractivity contribution in [2.24, 2.45) is 0 Å². The average Bonchev–Trinajstić information content (AvgIpc) is 2.35. The average molecular weight is 213 g/mol. The minimum absolute atomic E-state index is 0.416. The van der Waals surface area contributed by atoms with E-state index in [-0.39, 0.29) is 0 Å². The molecule has 3 nitrogen and oxygen atoms in total. The van der Waals surface area contributed by atoms with E-state index >= 15 is 0 Å². The van der Waals surface area contributed by atoms with E-state index in [1.54, 1.807) is 12.1 Å². The SMILES string of the molecule is CC[C@H](C)N(C)c1ccc(C#N)c(C#N)c1. The van der Waals surface area contributed by atoms with Gasteiger partial charge in [-0.3, -0.25) is 0 Å². The third kappa shape index (κ3) is 2.32. The van der Waals surface area contributed by atoms with E-state index in [2.05, 4.69) is 18.7 Å². The molecule has 0 aromatic heterocycles. The van der Waals surface area contributed by atoms with Crippen LogP contribution in [0, 0.1) is 22.7 Å². The van der Waals surface area contributed by atoms with Crippen LogP contribution in [0.1, 0.15) is 31.4 Å². The molecule has 3 heteroatoms. The zero-order chi connectivity index (χ0) is 12.1. The topological polar surface area (TPSA) is 50.8 Å². The summed E-state index contributed by atoms with van der Waals surface area (Å²) in [5.41, 5.74) is 1.85. The van der Waals surface area contributed by atoms with Crippen molar-refractivity contribution in [1.82, 2.24) is 0 Å². The predicted octanol–water partition coefficient (Wildman–Crippen LogP) is 2.66. The van der Waals surface area contributed by atoms with Gasteiger partial charge in [0.2, 0.25) is 0 Å². The van der Waals surface area contributed by atoms with E-state index in [9.17, 15) is 0 Å². The fraction of sp³-hybridized carbons (Fsp3) is 0.385. The van der Waals surface area contributed by atoms with Gasteiger partial charge in [0.05, 0.1) is 11.1 Å². The summed E-state index contributed by atoms with van der Waals surface area (Å²) >= 11 is 0. The third-order valence-electron chi connectivity index (χ3n) is 2.90. The Labute approximate surface area is 96.5 Å². The lowest BCUT2D eigenvalue weighted by Gasteiger charge is -2.26. The molecule has 0 heterocycles. The first-order chi connectivity index (χ1) is 7.63. The molecular weight excluding hydrogens is 198 g/mol. The van der Waals surface area contributed by atoms with Crippen molar-refractivity contribution in [3.8, 4) is 12.1 Å². The molecule has 0 aliphatic heterocycles. The Kier molecular flexibility index (Phi) is 3.91. The maximum absolute atomic E-state index is 8.93. The maximum atomic E-state index is 8.93. The lowest BCUT2D eigenvalue weighted by molar-refractivity contribution is 0.664. The second kappa shape index (κ2) is 5.19. The number of benzene rings is 1. The van der Waals surface area contributed by atoms with E-state index in [1.165, 1.54) is 0 Å². The van der Waals surface area contributed by atoms with Gasteiger partial charge in [-0.25, -0.2) is 0 Å². The normalized spacial score (nSPS) is 11.3. The van der Waals surface area contributed by atoms with Crippen LogP contribution in [0.5, 0.6) is 0 Å². The third-order valence-corrected chi connectivity index (χ3v) is 2.90. The molecule has 0 unspecified atom stereocenters. The molecule has 82 valence electrons. The largest absolute Gasteiger partial charge is 0.372 e. The molecule has 0 N–H and O–H groups in total. The monoisotopic (exact) mass is 213 g/mol. The Morgan fingerprint density at radius 2 is 1.88 bits per heavy atom. The molecular formula is C13H15N3. The van der Waals surface area contributed by atoms with Crippen molar-refractivity contribution in [3.63, 3.8) is 0 Å². The van der Waals surface area contributed by atoms with E-state index in [1.807, 2.05) is 25.3 Å². The van der Waals surface area contributed by atoms with Gasteiger partial charge in [-0.2, -0.15) is 10.5 Å². The Balaban J connectivity index is 3.10. The van der Waals surface area contributed by atoms with Gasteiger partial charge in [0.25, 0.3) is 0 Å². The van der Waals surface area contributed by atoms with Gasteiger partial charge >= 0.3 is 0 Å². The van der Waals surface area contributed by atoms with Gasteiger partial charge in [-0.15, -0.1) is 0 Å². The second-order valence-corrected chi connectivity index (χ2v) is 3.82. The summed E-state index contributed by atoms with van der Waals surface area (Å²) in [5.74, 6) is 0. The van der Waals surface area contributed by atoms with Gasteiger partial charge in [0.15, 0.2) is 0 Å². The first-order valence-electron chi connectivity index (χ1n) is 5.31. The van der Waals surface area contributed by atoms with Gasteiger partial charge in [0, 0.05) is 18.8 Å². The minimum Gasteiger partial charge on any atom is -0.372 e. The summed E-state index contributed by atoms with van der Waals surface area (Å²) in [6, 6.07) is 9.83. The molecule has 1 aromatic carbocycles. The fourth-order valence-corrected chi connectivity index (χ4v) is 1.47. The minimum atomic E-state index is 0.416. The lowest BCUT2D eigenvalue weighted by atomic mass is 10.1. The molecule has 0 bridgehead atoms. The zero-order valence-corrected chi connectivity index (χ0v) is 9.86. The zero-order valence-electron chi connectivity index (χ0n) is 9.86. The molecule has 0 aliphatic rings. The molecule has 16 heavy (non-hydrogen) atoms. The Hall–Kier alpha value is -2.00. The van der Waals surface area contributed by atoms with Crippen molar-refractivity contribution in [3.05, 3.63) is 29.3 Å². The molecule has 1 aromatic rings. The molecule has 0 spiro atoms. The van der Waals surface area contributed by atoms with Gasteiger partial charge in [-0.1, -0.05) is 6.92 Å². The van der Waals surface area contributed by atoms with Crippen molar-refractivity contribution in [2.45, 2.75) is 26.3 Å². The molecule has 0 aliphatic carbocycles. The van der Waals surface area contributed by atoms with Crippen molar-refractivity contribution >= 4 is 5.69 Å². The van der Waals surface area contributed by atoms with Crippen LogP contribution in [-0.4, -0.2) is 13.1 Å². The Morgan fingerprint density at radius 3 is 2.38 bits per heavy atom. The highest BCUT2D eigenvalue weighted by molar-refractivity contribution is 5.57. The standard InChI is InChI=1S/C13H15N3/c1-4-10(2)16(3)13-6-5-11(8-14)12(7-13)9-15/h5-7,10H,4H2,1-3H3/t10-/m0/s1. The smallest absolute Gasteiger partial charge is 0.101 e. The van der Waals surface area contributed by atoms with E-state index in [0.29, 0.717) is 17.2 Å². The maximum Gasteiger partial charge on any atom is 0.101 e. The highest BCUT2D eigenvalue weighted by Crippen LogP contribution is 2.20. The second-order valence-electron chi connectivity index (χ2n) is 3.82.